The number of nitrogens with zero attached hydrogens (tertiary/aromatic N) is 3. The summed E-state index contributed by atoms with van der Waals surface area (Å²) in [5.41, 5.74) is 0.159. The van der Waals surface area contributed by atoms with Crippen molar-refractivity contribution in [1.29, 1.82) is 0 Å². The van der Waals surface area contributed by atoms with Crippen molar-refractivity contribution in [2.24, 2.45) is 11.8 Å². The molecule has 1 saturated carbocycles. The van der Waals surface area contributed by atoms with E-state index in [9.17, 15) is 23.2 Å². The minimum absolute atomic E-state index is 0. The molecule has 0 radical (unpaired) electrons. The van der Waals surface area contributed by atoms with E-state index in [1.54, 1.807) is 4.90 Å². The number of halogens is 3. The Labute approximate surface area is 243 Å². The third kappa shape index (κ3) is 7.14. The Hall–Kier alpha value is -2.26. The molecule has 1 unspecified atom stereocenters. The summed E-state index contributed by atoms with van der Waals surface area (Å²) < 4.78 is 28.5. The van der Waals surface area contributed by atoms with Crippen molar-refractivity contribution in [2.45, 2.75) is 90.3 Å². The fourth-order valence-electron chi connectivity index (χ4n) is 6.68. The average Bonchev–Trinajstić information content (AvgIpc) is 3.33. The molecule has 2 aliphatic heterocycles. The number of nitrogens with one attached hydrogen (secondary N) is 1. The molecule has 0 aromatic heterocycles. The lowest BCUT2D eigenvalue weighted by Gasteiger charge is -2.43. The van der Waals surface area contributed by atoms with Crippen LogP contribution in [0.4, 0.5) is 8.78 Å². The maximum absolute atomic E-state index is 14.9. The number of piperazine rings is 1. The van der Waals surface area contributed by atoms with E-state index in [0.29, 0.717) is 38.3 Å². The topological polar surface area (TPSA) is 73.0 Å². The largest absolute Gasteiger partial charge is 0.344 e. The Morgan fingerprint density at radius 2 is 1.68 bits per heavy atom. The molecule has 3 amide bonds. The maximum Gasteiger partial charge on any atom is 0.245 e. The molecule has 1 N–H and O–H groups in total. The van der Waals surface area contributed by atoms with Gasteiger partial charge in [0.15, 0.2) is 0 Å². The average molecular weight is 583 g/mol. The maximum atomic E-state index is 14.9. The first-order valence-electron chi connectivity index (χ1n) is 14.4. The molecule has 0 spiro atoms. The Balaban J connectivity index is 0.00000441. The number of amides is 3. The van der Waals surface area contributed by atoms with E-state index in [1.807, 2.05) is 11.8 Å². The van der Waals surface area contributed by atoms with Crippen LogP contribution in [0.5, 0.6) is 0 Å². The van der Waals surface area contributed by atoms with E-state index in [-0.39, 0.29) is 53.5 Å². The summed E-state index contributed by atoms with van der Waals surface area (Å²) in [6.45, 7) is 11.8. The molecule has 3 fully saturated rings. The highest BCUT2D eigenvalue weighted by Crippen LogP contribution is 2.39. The van der Waals surface area contributed by atoms with Crippen LogP contribution < -0.4 is 5.32 Å². The van der Waals surface area contributed by atoms with Crippen LogP contribution in [0.3, 0.4) is 0 Å². The minimum Gasteiger partial charge on any atom is -0.344 e. The molecule has 7 nitrogen and oxygen atoms in total. The third-order valence-electron chi connectivity index (χ3n) is 8.92. The predicted molar refractivity (Wildman–Crippen MR) is 153 cm³/mol. The number of hydrogen-bond acceptors (Lipinski definition) is 4. The van der Waals surface area contributed by atoms with Gasteiger partial charge >= 0.3 is 0 Å². The van der Waals surface area contributed by atoms with Gasteiger partial charge in [-0.25, -0.2) is 8.78 Å². The van der Waals surface area contributed by atoms with Gasteiger partial charge in [-0.3, -0.25) is 19.3 Å². The Kier molecular flexibility index (Phi) is 10.6. The van der Waals surface area contributed by atoms with Gasteiger partial charge in [0.2, 0.25) is 17.7 Å². The van der Waals surface area contributed by atoms with Crippen molar-refractivity contribution < 1.29 is 23.2 Å². The first kappa shape index (κ1) is 32.3. The summed E-state index contributed by atoms with van der Waals surface area (Å²) in [6.07, 6.45) is 5.15. The number of likely N-dealkylation sites (tertiary alicyclic amines) is 1. The number of benzene rings is 1. The fourth-order valence-corrected chi connectivity index (χ4v) is 6.68. The van der Waals surface area contributed by atoms with Gasteiger partial charge in [-0.1, -0.05) is 25.3 Å². The standard InChI is InChI=1S/C30H44F2N4O3.ClH/c1-19-16-34(29(39)27(33-20(2)37)21-9-7-6-8-10-21)13-14-36(19)28(38)25-18-35(30(3,4)5)17-24(25)23-12-11-22(31)15-26(23)32;/h11-12,15,19,21,24-25,27H,6-10,13-14,16-18H2,1-5H3,(H,33,37);1H/t19-,24-,25+,27?;/m0./s1. The van der Waals surface area contributed by atoms with Crippen LogP contribution in [0.15, 0.2) is 18.2 Å². The molecule has 3 aliphatic rings. The zero-order chi connectivity index (χ0) is 28.5. The summed E-state index contributed by atoms with van der Waals surface area (Å²) in [7, 11) is 0. The van der Waals surface area contributed by atoms with Crippen molar-refractivity contribution in [1.82, 2.24) is 20.0 Å². The number of rotatable bonds is 5. The van der Waals surface area contributed by atoms with Gasteiger partial charge in [-0.15, -0.1) is 12.4 Å². The number of carbonyl (C=O) groups excluding carboxylic acids is 3. The van der Waals surface area contributed by atoms with E-state index in [2.05, 4.69) is 31.0 Å². The SMILES string of the molecule is CC(=O)NC(C(=O)N1CCN(C(=O)[C@@H]2CN(C(C)(C)C)C[C@H]2c2ccc(F)cc2F)[C@@H](C)C1)C1CCCCC1.Cl. The molecule has 1 aromatic carbocycles. The summed E-state index contributed by atoms with van der Waals surface area (Å²) in [6, 6.07) is 2.86. The van der Waals surface area contributed by atoms with E-state index in [0.717, 1.165) is 38.2 Å². The number of carbonyl (C=O) groups is 3. The van der Waals surface area contributed by atoms with Crippen LogP contribution >= 0.6 is 12.4 Å². The van der Waals surface area contributed by atoms with Crippen LogP contribution in [-0.4, -0.2) is 82.8 Å². The van der Waals surface area contributed by atoms with E-state index in [1.165, 1.54) is 19.1 Å². The molecule has 0 bridgehead atoms. The summed E-state index contributed by atoms with van der Waals surface area (Å²) in [5, 5.41) is 2.91. The number of hydrogen-bond donors (Lipinski definition) is 1. The van der Waals surface area contributed by atoms with Crippen LogP contribution in [0.25, 0.3) is 0 Å². The Morgan fingerprint density at radius 3 is 2.25 bits per heavy atom. The van der Waals surface area contributed by atoms with Crippen molar-refractivity contribution in [3.05, 3.63) is 35.4 Å². The zero-order valence-electron chi connectivity index (χ0n) is 24.4. The highest BCUT2D eigenvalue weighted by atomic mass is 35.5. The first-order valence-corrected chi connectivity index (χ1v) is 14.4. The van der Waals surface area contributed by atoms with Crippen LogP contribution in [0, 0.1) is 23.5 Å². The van der Waals surface area contributed by atoms with Gasteiger partial charge < -0.3 is 15.1 Å². The van der Waals surface area contributed by atoms with Gasteiger partial charge in [0.1, 0.15) is 17.7 Å². The molecule has 10 heteroatoms. The van der Waals surface area contributed by atoms with Crippen LogP contribution in [-0.2, 0) is 14.4 Å². The second-order valence-electron chi connectivity index (χ2n) is 12.7. The normalized spacial score (nSPS) is 25.3. The van der Waals surface area contributed by atoms with Crippen molar-refractivity contribution in [3.63, 3.8) is 0 Å². The van der Waals surface area contributed by atoms with Crippen LogP contribution in [0.1, 0.15) is 78.2 Å². The molecule has 1 aliphatic carbocycles. The summed E-state index contributed by atoms with van der Waals surface area (Å²) >= 11 is 0. The second kappa shape index (κ2) is 13.1. The first-order chi connectivity index (χ1) is 18.4. The quantitative estimate of drug-likeness (QED) is 0.560. The lowest BCUT2D eigenvalue weighted by molar-refractivity contribution is -0.147. The molecule has 1 aromatic rings. The van der Waals surface area contributed by atoms with E-state index >= 15 is 0 Å². The van der Waals surface area contributed by atoms with Crippen molar-refractivity contribution in [2.75, 3.05) is 32.7 Å². The minimum atomic E-state index is -0.634. The van der Waals surface area contributed by atoms with E-state index < -0.39 is 23.6 Å². The zero-order valence-corrected chi connectivity index (χ0v) is 25.2. The molecule has 2 saturated heterocycles. The predicted octanol–water partition coefficient (Wildman–Crippen LogP) is 4.34. The Bertz CT molecular complexity index is 1080. The molecule has 4 atom stereocenters. The molecular formula is C30H45ClF2N4O3. The lowest BCUT2D eigenvalue weighted by Crippen LogP contribution is -2.61. The highest BCUT2D eigenvalue weighted by molar-refractivity contribution is 5.88. The van der Waals surface area contributed by atoms with Crippen molar-refractivity contribution >= 4 is 30.1 Å². The summed E-state index contributed by atoms with van der Waals surface area (Å²) in [4.78, 5) is 45.3. The Morgan fingerprint density at radius 1 is 1.00 bits per heavy atom. The van der Waals surface area contributed by atoms with E-state index in [4.69, 9.17) is 0 Å². The monoisotopic (exact) mass is 582 g/mol. The van der Waals surface area contributed by atoms with Gasteiger partial charge in [0.25, 0.3) is 0 Å². The fraction of sp³-hybridized carbons (Fsp3) is 0.700. The molecule has 40 heavy (non-hydrogen) atoms. The molecule has 224 valence electrons. The third-order valence-corrected chi connectivity index (χ3v) is 8.92. The van der Waals surface area contributed by atoms with Gasteiger partial charge in [0.05, 0.1) is 5.92 Å². The lowest BCUT2D eigenvalue weighted by atomic mass is 9.83. The van der Waals surface area contributed by atoms with Gasteiger partial charge in [0, 0.05) is 63.2 Å². The van der Waals surface area contributed by atoms with Gasteiger partial charge in [-0.2, -0.15) is 0 Å². The molecule has 4 rings (SSSR count). The van der Waals surface area contributed by atoms with Crippen LogP contribution in [0.2, 0.25) is 0 Å². The second-order valence-corrected chi connectivity index (χ2v) is 12.7. The molecular weight excluding hydrogens is 538 g/mol. The van der Waals surface area contributed by atoms with Gasteiger partial charge in [-0.05, 0) is 58.1 Å². The summed E-state index contributed by atoms with van der Waals surface area (Å²) in [5.74, 6) is -2.30. The smallest absolute Gasteiger partial charge is 0.245 e. The molecule has 2 heterocycles. The highest BCUT2D eigenvalue weighted by Gasteiger charge is 2.46. The van der Waals surface area contributed by atoms with Crippen molar-refractivity contribution in [3.8, 4) is 0 Å².